The van der Waals surface area contributed by atoms with Crippen molar-refractivity contribution in [3.63, 3.8) is 0 Å². The van der Waals surface area contributed by atoms with Crippen molar-refractivity contribution in [1.82, 2.24) is 14.0 Å². The Labute approximate surface area is 153 Å². The number of benzene rings is 1. The van der Waals surface area contributed by atoms with Gasteiger partial charge in [0.25, 0.3) is 5.56 Å². The van der Waals surface area contributed by atoms with Gasteiger partial charge in [0.2, 0.25) is 5.91 Å². The molecular formula is C19H15ClN4O2. The smallest absolute Gasteiger partial charge is 0.276 e. The molecule has 26 heavy (non-hydrogen) atoms. The van der Waals surface area contributed by atoms with Crippen LogP contribution in [-0.2, 0) is 11.3 Å². The lowest BCUT2D eigenvalue weighted by Gasteiger charge is -2.11. The summed E-state index contributed by atoms with van der Waals surface area (Å²) in [5.74, 6) is -0.182. The van der Waals surface area contributed by atoms with Crippen molar-refractivity contribution in [3.8, 4) is 0 Å². The van der Waals surface area contributed by atoms with Crippen LogP contribution in [0.1, 0.15) is 6.42 Å². The van der Waals surface area contributed by atoms with Crippen LogP contribution in [-0.4, -0.2) is 19.9 Å². The average Bonchev–Trinajstić information content (AvgIpc) is 3.14. The van der Waals surface area contributed by atoms with Crippen LogP contribution in [0, 0.1) is 0 Å². The minimum atomic E-state index is -0.182. The van der Waals surface area contributed by atoms with Gasteiger partial charge in [-0.25, -0.2) is 4.98 Å². The third kappa shape index (κ3) is 2.95. The summed E-state index contributed by atoms with van der Waals surface area (Å²) < 4.78 is 3.36. The van der Waals surface area contributed by atoms with Gasteiger partial charge in [0.1, 0.15) is 5.52 Å². The number of aryl methyl sites for hydroxylation is 1. The molecule has 130 valence electrons. The molecule has 6 nitrogen and oxygen atoms in total. The summed E-state index contributed by atoms with van der Waals surface area (Å²) in [5.41, 5.74) is 2.44. The minimum Gasteiger partial charge on any atom is -0.326 e. The van der Waals surface area contributed by atoms with Crippen molar-refractivity contribution in [2.75, 3.05) is 5.32 Å². The van der Waals surface area contributed by atoms with Crippen LogP contribution < -0.4 is 10.9 Å². The first kappa shape index (κ1) is 16.4. The van der Waals surface area contributed by atoms with E-state index in [0.29, 0.717) is 21.9 Å². The van der Waals surface area contributed by atoms with Gasteiger partial charge in [-0.3, -0.25) is 14.2 Å². The average molecular weight is 367 g/mol. The third-order valence-electron chi connectivity index (χ3n) is 4.18. The summed E-state index contributed by atoms with van der Waals surface area (Å²) in [6.45, 7) is 0.244. The second-order valence-electron chi connectivity index (χ2n) is 5.87. The highest BCUT2D eigenvalue weighted by Crippen LogP contribution is 2.15. The Kier molecular flexibility index (Phi) is 4.18. The van der Waals surface area contributed by atoms with Gasteiger partial charge in [0, 0.05) is 36.1 Å². The van der Waals surface area contributed by atoms with E-state index in [9.17, 15) is 9.59 Å². The number of hydrogen-bond donors (Lipinski definition) is 1. The summed E-state index contributed by atoms with van der Waals surface area (Å²) in [6.07, 6.45) is 3.63. The van der Waals surface area contributed by atoms with E-state index < -0.39 is 0 Å². The number of hydrogen-bond acceptors (Lipinski definition) is 3. The summed E-state index contributed by atoms with van der Waals surface area (Å²) in [4.78, 5) is 29.4. The molecule has 0 saturated carbocycles. The Morgan fingerprint density at radius 3 is 2.65 bits per heavy atom. The number of carbonyl (C=O) groups is 1. The van der Waals surface area contributed by atoms with E-state index in [1.807, 2.05) is 28.8 Å². The molecule has 0 bridgehead atoms. The predicted molar refractivity (Wildman–Crippen MR) is 102 cm³/mol. The number of nitrogens with one attached hydrogen (secondary N) is 1. The van der Waals surface area contributed by atoms with Crippen molar-refractivity contribution < 1.29 is 4.79 Å². The zero-order valence-electron chi connectivity index (χ0n) is 13.7. The Morgan fingerprint density at radius 1 is 1.08 bits per heavy atom. The molecule has 3 aromatic heterocycles. The largest absolute Gasteiger partial charge is 0.326 e. The Balaban J connectivity index is 1.62. The monoisotopic (exact) mass is 366 g/mol. The quantitative estimate of drug-likeness (QED) is 0.602. The molecule has 0 unspecified atom stereocenters. The molecule has 1 aromatic carbocycles. The zero-order valence-corrected chi connectivity index (χ0v) is 14.5. The highest BCUT2D eigenvalue weighted by Gasteiger charge is 2.12. The van der Waals surface area contributed by atoms with E-state index >= 15 is 0 Å². The first-order chi connectivity index (χ1) is 12.6. The molecule has 0 aliphatic heterocycles. The fourth-order valence-corrected chi connectivity index (χ4v) is 3.09. The Morgan fingerprint density at radius 2 is 1.85 bits per heavy atom. The highest BCUT2D eigenvalue weighted by molar-refractivity contribution is 6.30. The van der Waals surface area contributed by atoms with Gasteiger partial charge >= 0.3 is 0 Å². The lowest BCUT2D eigenvalue weighted by atomic mass is 10.3. The van der Waals surface area contributed by atoms with Crippen LogP contribution in [0.4, 0.5) is 5.69 Å². The molecule has 0 atom stereocenters. The number of pyridine rings is 1. The number of aromatic nitrogens is 3. The normalized spacial score (nSPS) is 11.1. The van der Waals surface area contributed by atoms with Crippen LogP contribution in [0.5, 0.6) is 0 Å². The Bertz CT molecular complexity index is 1160. The number of rotatable bonds is 4. The van der Waals surface area contributed by atoms with Gasteiger partial charge in [0.05, 0.1) is 5.52 Å². The minimum absolute atomic E-state index is 0.158. The summed E-state index contributed by atoms with van der Waals surface area (Å²) in [5, 5.41) is 3.40. The van der Waals surface area contributed by atoms with Crippen LogP contribution >= 0.6 is 11.6 Å². The number of fused-ring (bicyclic) bond motifs is 3. The van der Waals surface area contributed by atoms with Gasteiger partial charge in [0.15, 0.2) is 5.65 Å². The number of carbonyl (C=O) groups excluding carboxylic acids is 1. The third-order valence-corrected chi connectivity index (χ3v) is 4.44. The molecule has 3 heterocycles. The molecule has 7 heteroatoms. The van der Waals surface area contributed by atoms with E-state index in [-0.39, 0.29) is 24.4 Å². The number of halogens is 1. The lowest BCUT2D eigenvalue weighted by molar-refractivity contribution is -0.116. The molecule has 0 spiro atoms. The van der Waals surface area contributed by atoms with Crippen LogP contribution in [0.15, 0.2) is 65.7 Å². The maximum atomic E-state index is 12.8. The topological polar surface area (TPSA) is 68.4 Å². The molecule has 0 radical (unpaired) electrons. The molecule has 0 aliphatic carbocycles. The van der Waals surface area contributed by atoms with Crippen molar-refractivity contribution in [2.24, 2.45) is 0 Å². The van der Waals surface area contributed by atoms with Crippen molar-refractivity contribution in [1.29, 1.82) is 0 Å². The summed E-state index contributed by atoms with van der Waals surface area (Å²) in [7, 11) is 0. The lowest BCUT2D eigenvalue weighted by Crippen LogP contribution is -2.25. The van der Waals surface area contributed by atoms with Crippen molar-refractivity contribution in [3.05, 3.63) is 76.3 Å². The van der Waals surface area contributed by atoms with Gasteiger partial charge in [-0.1, -0.05) is 11.6 Å². The van der Waals surface area contributed by atoms with E-state index in [0.717, 1.165) is 5.52 Å². The molecule has 0 aliphatic rings. The molecule has 4 aromatic rings. The maximum Gasteiger partial charge on any atom is 0.276 e. The van der Waals surface area contributed by atoms with E-state index in [1.165, 1.54) is 0 Å². The molecule has 0 saturated heterocycles. The highest BCUT2D eigenvalue weighted by atomic mass is 35.5. The van der Waals surface area contributed by atoms with Crippen LogP contribution in [0.3, 0.4) is 0 Å². The number of nitrogens with zero attached hydrogens (tertiary/aromatic N) is 3. The van der Waals surface area contributed by atoms with E-state index in [4.69, 9.17) is 11.6 Å². The number of anilines is 1. The molecule has 4 rings (SSSR count). The molecule has 1 N–H and O–H groups in total. The first-order valence-corrected chi connectivity index (χ1v) is 8.51. The summed E-state index contributed by atoms with van der Waals surface area (Å²) >= 11 is 5.84. The van der Waals surface area contributed by atoms with Gasteiger partial charge < -0.3 is 9.72 Å². The van der Waals surface area contributed by atoms with Gasteiger partial charge in [-0.2, -0.15) is 0 Å². The fraction of sp³-hybridized carbons (Fsp3) is 0.105. The van der Waals surface area contributed by atoms with Crippen LogP contribution in [0.25, 0.3) is 16.7 Å². The Hall–Kier alpha value is -3.12. The fourth-order valence-electron chi connectivity index (χ4n) is 2.96. The standard InChI is InChI=1S/C19H15ClN4O2/c20-13-5-7-14(8-6-13)22-17(25)9-12-24-18-15(3-1-10-21-18)23-11-2-4-16(23)19(24)26/h1-8,10-11H,9,12H2,(H,22,25). The summed E-state index contributed by atoms with van der Waals surface area (Å²) in [6, 6.07) is 14.2. The SMILES string of the molecule is O=C(CCn1c(=O)c2cccn2c2cccnc21)Nc1ccc(Cl)cc1. The van der Waals surface area contributed by atoms with E-state index in [2.05, 4.69) is 10.3 Å². The molecule has 0 fully saturated rings. The molecule has 1 amide bonds. The second kappa shape index (κ2) is 6.65. The maximum absolute atomic E-state index is 12.8. The zero-order chi connectivity index (χ0) is 18.1. The van der Waals surface area contributed by atoms with Crippen molar-refractivity contribution in [2.45, 2.75) is 13.0 Å². The van der Waals surface area contributed by atoms with Crippen LogP contribution in [0.2, 0.25) is 5.02 Å². The van der Waals surface area contributed by atoms with Crippen molar-refractivity contribution >= 4 is 39.9 Å². The predicted octanol–water partition coefficient (Wildman–Crippen LogP) is 3.33. The molecular weight excluding hydrogens is 352 g/mol. The van der Waals surface area contributed by atoms with Gasteiger partial charge in [-0.05, 0) is 48.5 Å². The van der Waals surface area contributed by atoms with E-state index in [1.54, 1.807) is 41.1 Å². The second-order valence-corrected chi connectivity index (χ2v) is 6.31. The number of amides is 1. The first-order valence-electron chi connectivity index (χ1n) is 8.13. The van der Waals surface area contributed by atoms with Gasteiger partial charge in [-0.15, -0.1) is 0 Å².